The van der Waals surface area contributed by atoms with Crippen molar-refractivity contribution in [3.63, 3.8) is 0 Å². The zero-order chi connectivity index (χ0) is 6.28. The van der Waals surface area contributed by atoms with Crippen molar-refractivity contribution in [3.05, 3.63) is 15.3 Å². The highest BCUT2D eigenvalue weighted by molar-refractivity contribution is 5.29. The van der Waals surface area contributed by atoms with Crippen molar-refractivity contribution in [1.82, 2.24) is 12.3 Å². The monoisotopic (exact) mass is 143 g/mol. The standard InChI is InChI=1S/CH2O2.NO3.2H3N/c2-1-3;2-1(3)4;;/h1H,(H,2,3);;2*1H3/q;-1;;/p+1. The van der Waals surface area contributed by atoms with Gasteiger partial charge in [0.1, 0.15) is 0 Å². The van der Waals surface area contributed by atoms with Crippen LogP contribution in [-0.4, -0.2) is 11.6 Å². The van der Waals surface area contributed by atoms with Crippen molar-refractivity contribution in [2.24, 2.45) is 0 Å². The highest BCUT2D eigenvalue weighted by atomic mass is 16.9. The molecule has 8 heteroatoms. The van der Waals surface area contributed by atoms with Gasteiger partial charge in [0.2, 0.25) is 0 Å². The van der Waals surface area contributed by atoms with Gasteiger partial charge in [0.15, 0.2) is 0 Å². The van der Waals surface area contributed by atoms with Crippen LogP contribution >= 0.6 is 0 Å². The topological polar surface area (TPSA) is 179 Å². The largest absolute Gasteiger partial charge is 0.554 e. The molecular weight excluding hydrogens is 134 g/mol. The van der Waals surface area contributed by atoms with E-state index < -0.39 is 11.6 Å². The van der Waals surface area contributed by atoms with Gasteiger partial charge in [-0.2, -0.15) is 0 Å². The van der Waals surface area contributed by atoms with Crippen LogP contribution in [0.5, 0.6) is 0 Å². The highest BCUT2D eigenvalue weighted by Gasteiger charge is 1.45. The summed E-state index contributed by atoms with van der Waals surface area (Å²) >= 11 is 0. The third-order valence-corrected chi connectivity index (χ3v) is 0. The second kappa shape index (κ2) is 30.7. The molecule has 0 fully saturated rings. The summed E-state index contributed by atoms with van der Waals surface area (Å²) in [5, 5.41) is 23.0. The molecule has 8 nitrogen and oxygen atoms in total. The Kier molecular flexibility index (Phi) is 87.2. The van der Waals surface area contributed by atoms with Gasteiger partial charge in [-0.3, -0.25) is 0 Å². The van der Waals surface area contributed by atoms with Gasteiger partial charge in [0.05, 0.1) is 5.09 Å². The molecule has 0 aliphatic rings. The van der Waals surface area contributed by atoms with Gasteiger partial charge < -0.3 is 37.5 Å². The van der Waals surface area contributed by atoms with Gasteiger partial charge in [-0.05, 0) is 0 Å². The van der Waals surface area contributed by atoms with Crippen molar-refractivity contribution in [3.8, 4) is 0 Å². The Morgan fingerprint density at radius 1 is 1.22 bits per heavy atom. The summed E-state index contributed by atoms with van der Waals surface area (Å²) in [6.07, 6.45) is 0. The summed E-state index contributed by atoms with van der Waals surface area (Å²) in [5.41, 5.74) is 0. The van der Waals surface area contributed by atoms with Crippen molar-refractivity contribution < 1.29 is 15.0 Å². The highest BCUT2D eigenvalue weighted by Crippen LogP contribution is 1.44. The van der Waals surface area contributed by atoms with Crippen molar-refractivity contribution in [2.45, 2.75) is 0 Å². The first kappa shape index (κ1) is 25.6. The van der Waals surface area contributed by atoms with E-state index in [0.29, 0.717) is 0 Å². The first-order valence-corrected chi connectivity index (χ1v) is 1.02. The van der Waals surface area contributed by atoms with Gasteiger partial charge in [0, 0.05) is 6.47 Å². The average Bonchev–Trinajstić information content (AvgIpc) is 1.33. The lowest BCUT2D eigenvalue weighted by Gasteiger charge is -1.74. The lowest BCUT2D eigenvalue weighted by molar-refractivity contribution is -0.402. The predicted molar refractivity (Wildman–Crippen MR) is 28.4 cm³/mol. The van der Waals surface area contributed by atoms with E-state index in [1.165, 1.54) is 0 Å². The van der Waals surface area contributed by atoms with Crippen LogP contribution in [-0.2, 0) is 4.79 Å². The molecule has 0 radical (unpaired) electrons. The summed E-state index contributed by atoms with van der Waals surface area (Å²) in [6.45, 7) is -0.500. The maximum atomic E-state index is 8.25. The van der Waals surface area contributed by atoms with E-state index >= 15 is 0 Å². The van der Waals surface area contributed by atoms with Crippen LogP contribution in [0.2, 0.25) is 0 Å². The minimum Gasteiger partial charge on any atom is -0.554 e. The summed E-state index contributed by atoms with van der Waals surface area (Å²) in [6, 6.07) is 0. The Morgan fingerprint density at radius 2 is 1.22 bits per heavy atom. The molecule has 0 rings (SSSR count). The number of quaternary nitrogens is 2. The van der Waals surface area contributed by atoms with Gasteiger partial charge in [-0.25, -0.2) is 0 Å². The molecule has 9 heavy (non-hydrogen) atoms. The number of hydrogen-bond acceptors (Lipinski definition) is 5. The minimum atomic E-state index is -1.75. The van der Waals surface area contributed by atoms with E-state index in [4.69, 9.17) is 25.2 Å². The van der Waals surface area contributed by atoms with E-state index in [-0.39, 0.29) is 12.3 Å². The molecule has 0 aromatic rings. The molecule has 0 heterocycles. The number of carbonyl (C=O) groups is 1. The molecular formula is CH9N3O5. The minimum absolute atomic E-state index is 0. The normalized spacial score (nSPS) is 4.00. The van der Waals surface area contributed by atoms with Gasteiger partial charge >= 0.3 is 0 Å². The van der Waals surface area contributed by atoms with E-state index in [9.17, 15) is 0 Å². The van der Waals surface area contributed by atoms with Crippen LogP contribution in [0.4, 0.5) is 0 Å². The average molecular weight is 143 g/mol. The molecule has 0 aliphatic heterocycles. The van der Waals surface area contributed by atoms with Crippen LogP contribution in [0.1, 0.15) is 0 Å². The van der Waals surface area contributed by atoms with Crippen LogP contribution in [0.3, 0.4) is 0 Å². The molecule has 0 aromatic heterocycles. The van der Waals surface area contributed by atoms with Crippen molar-refractivity contribution >= 4 is 6.47 Å². The molecule has 0 aromatic carbocycles. The van der Waals surface area contributed by atoms with Gasteiger partial charge in [0.25, 0.3) is 0 Å². The molecule has 0 saturated carbocycles. The Hall–Kier alpha value is -1.41. The Balaban J connectivity index is -0.0000000233. The van der Waals surface area contributed by atoms with Crippen LogP contribution in [0, 0.1) is 15.3 Å². The first-order valence-electron chi connectivity index (χ1n) is 1.02. The quantitative estimate of drug-likeness (QED) is 0.247. The number of rotatable bonds is 0. The second-order valence-corrected chi connectivity index (χ2v) is 0.320. The van der Waals surface area contributed by atoms with Crippen LogP contribution in [0.25, 0.3) is 0 Å². The summed E-state index contributed by atoms with van der Waals surface area (Å²) < 4.78 is 0. The van der Waals surface area contributed by atoms with Crippen LogP contribution < -0.4 is 17.4 Å². The zero-order valence-corrected chi connectivity index (χ0v) is 5.07. The van der Waals surface area contributed by atoms with Crippen LogP contribution in [0.15, 0.2) is 0 Å². The number of carbonyl (C=O) groups excluding carboxylic acids is 1. The lowest BCUT2D eigenvalue weighted by Crippen LogP contribution is -2.01. The molecule has 0 spiro atoms. The Morgan fingerprint density at radius 3 is 1.22 bits per heavy atom. The lowest BCUT2D eigenvalue weighted by atomic mass is 11.7. The predicted octanol–water partition coefficient (Wildman–Crippen LogP) is -1.12. The molecule has 0 saturated heterocycles. The third kappa shape index (κ3) is 69.8. The Labute approximate surface area is 50.4 Å². The van der Waals surface area contributed by atoms with E-state index in [1.807, 2.05) is 0 Å². The molecule has 8 N–H and O–H groups in total. The van der Waals surface area contributed by atoms with Crippen molar-refractivity contribution in [2.75, 3.05) is 0 Å². The van der Waals surface area contributed by atoms with Gasteiger partial charge in [-0.15, -0.1) is 0 Å². The number of carboxylic acid groups (broad SMARTS) is 1. The maximum Gasteiger partial charge on any atom is 0.0689 e. The fourth-order valence-electron chi connectivity index (χ4n) is 0. The fraction of sp³-hybridized carbons (Fsp3) is 0. The maximum absolute atomic E-state index is 8.25. The van der Waals surface area contributed by atoms with E-state index in [1.54, 1.807) is 0 Å². The molecule has 0 atom stereocenters. The summed E-state index contributed by atoms with van der Waals surface area (Å²) in [5.74, 6) is 0. The molecule has 0 unspecified atom stereocenters. The number of hydrogen-bond donors (Lipinski definition) is 2. The zero-order valence-electron chi connectivity index (χ0n) is 5.07. The molecule has 0 bridgehead atoms. The smallest absolute Gasteiger partial charge is 0.0689 e. The van der Waals surface area contributed by atoms with Crippen molar-refractivity contribution in [1.29, 1.82) is 0 Å². The molecule has 58 valence electrons. The first-order chi connectivity index (χ1) is 3.15. The Bertz CT molecular complexity index is 59.2. The summed E-state index contributed by atoms with van der Waals surface area (Å²) in [4.78, 5) is 16.5. The number of nitrogens with zero attached hydrogens (tertiary/aromatic N) is 1. The molecule has 0 amide bonds. The van der Waals surface area contributed by atoms with E-state index in [0.717, 1.165) is 0 Å². The third-order valence-electron chi connectivity index (χ3n) is 0. The second-order valence-electron chi connectivity index (χ2n) is 0.320. The SMILES string of the molecule is O=C[O-].O=[N+]([O-])[O-].[NH4+].[NH4+]. The summed E-state index contributed by atoms with van der Waals surface area (Å²) in [7, 11) is 0. The fourth-order valence-corrected chi connectivity index (χ4v) is 0. The molecule has 0 aliphatic carbocycles. The van der Waals surface area contributed by atoms with E-state index in [2.05, 4.69) is 0 Å². The van der Waals surface area contributed by atoms with Gasteiger partial charge in [-0.1, -0.05) is 0 Å².